The lowest BCUT2D eigenvalue weighted by Gasteiger charge is -2.26. The van der Waals surface area contributed by atoms with Crippen LogP contribution in [0.15, 0.2) is 18.3 Å². The molecule has 19 heavy (non-hydrogen) atoms. The summed E-state index contributed by atoms with van der Waals surface area (Å²) in [4.78, 5) is 15.7. The van der Waals surface area contributed by atoms with Crippen molar-refractivity contribution in [1.29, 1.82) is 0 Å². The highest BCUT2D eigenvalue weighted by molar-refractivity contribution is 5.89. The Balaban J connectivity index is 1.90. The van der Waals surface area contributed by atoms with E-state index in [4.69, 9.17) is 9.47 Å². The summed E-state index contributed by atoms with van der Waals surface area (Å²) >= 11 is 0. The maximum Gasteiger partial charge on any atom is 0.339 e. The van der Waals surface area contributed by atoms with Gasteiger partial charge in [0.25, 0.3) is 0 Å². The Hall–Kier alpha value is -1.58. The van der Waals surface area contributed by atoms with E-state index in [0.29, 0.717) is 18.1 Å². The molecule has 0 unspecified atom stereocenters. The van der Waals surface area contributed by atoms with Crippen molar-refractivity contribution >= 4 is 5.97 Å². The van der Waals surface area contributed by atoms with Crippen LogP contribution in [0, 0.1) is 5.92 Å². The number of esters is 1. The van der Waals surface area contributed by atoms with Crippen molar-refractivity contribution in [3.8, 4) is 5.88 Å². The average molecular weight is 263 g/mol. The number of carbonyl (C=O) groups is 1. The van der Waals surface area contributed by atoms with E-state index in [-0.39, 0.29) is 12.1 Å². The zero-order valence-electron chi connectivity index (χ0n) is 11.6. The van der Waals surface area contributed by atoms with Gasteiger partial charge in [0.15, 0.2) is 0 Å². The van der Waals surface area contributed by atoms with Crippen LogP contribution >= 0.6 is 0 Å². The maximum atomic E-state index is 11.5. The van der Waals surface area contributed by atoms with E-state index >= 15 is 0 Å². The molecule has 1 heterocycles. The summed E-state index contributed by atoms with van der Waals surface area (Å²) in [5, 5.41) is 0. The van der Waals surface area contributed by atoms with E-state index in [2.05, 4.69) is 11.9 Å². The quantitative estimate of drug-likeness (QED) is 0.783. The third kappa shape index (κ3) is 3.94. The van der Waals surface area contributed by atoms with Crippen molar-refractivity contribution < 1.29 is 14.3 Å². The lowest BCUT2D eigenvalue weighted by atomic mass is 9.89. The molecule has 0 aromatic carbocycles. The zero-order chi connectivity index (χ0) is 13.7. The summed E-state index contributed by atoms with van der Waals surface area (Å²) in [7, 11) is 0. The Morgan fingerprint density at radius 1 is 1.32 bits per heavy atom. The molecule has 4 nitrogen and oxygen atoms in total. The predicted molar refractivity (Wildman–Crippen MR) is 72.2 cm³/mol. The van der Waals surface area contributed by atoms with Crippen LogP contribution in [0.5, 0.6) is 5.88 Å². The molecule has 0 N–H and O–H groups in total. The predicted octanol–water partition coefficient (Wildman–Crippen LogP) is 3.22. The van der Waals surface area contributed by atoms with Gasteiger partial charge in [-0.15, -0.1) is 0 Å². The Morgan fingerprint density at radius 3 is 2.63 bits per heavy atom. The standard InChI is InChI=1S/C15H21NO3/c1-3-18-15(17)12-6-9-14(16-10-12)19-13-7-4-11(2)5-8-13/h6,9-11,13H,3-5,7-8H2,1-2H3. The van der Waals surface area contributed by atoms with E-state index in [1.807, 2.05) is 0 Å². The van der Waals surface area contributed by atoms with Gasteiger partial charge >= 0.3 is 5.97 Å². The Morgan fingerprint density at radius 2 is 2.05 bits per heavy atom. The minimum atomic E-state index is -0.340. The summed E-state index contributed by atoms with van der Waals surface area (Å²) in [6.45, 7) is 4.44. The van der Waals surface area contributed by atoms with Crippen molar-refractivity contribution in [3.63, 3.8) is 0 Å². The fraction of sp³-hybridized carbons (Fsp3) is 0.600. The zero-order valence-corrected chi connectivity index (χ0v) is 11.6. The third-order valence-corrected chi connectivity index (χ3v) is 3.50. The number of ether oxygens (including phenoxy) is 2. The van der Waals surface area contributed by atoms with Crippen LogP contribution in [0.1, 0.15) is 49.9 Å². The normalized spacial score (nSPS) is 22.8. The molecular formula is C15H21NO3. The molecule has 0 atom stereocenters. The number of hydrogen-bond donors (Lipinski definition) is 0. The van der Waals surface area contributed by atoms with Crippen LogP contribution in [0.3, 0.4) is 0 Å². The Kier molecular flexibility index (Phi) is 4.77. The Bertz CT molecular complexity index is 408. The molecule has 0 radical (unpaired) electrons. The molecule has 2 rings (SSSR count). The molecule has 1 aliphatic rings. The van der Waals surface area contributed by atoms with Crippen molar-refractivity contribution in [1.82, 2.24) is 4.98 Å². The number of pyridine rings is 1. The largest absolute Gasteiger partial charge is 0.474 e. The van der Waals surface area contributed by atoms with Gasteiger partial charge in [-0.05, 0) is 44.6 Å². The molecule has 4 heteroatoms. The highest BCUT2D eigenvalue weighted by Gasteiger charge is 2.20. The summed E-state index contributed by atoms with van der Waals surface area (Å²) in [6.07, 6.45) is 6.37. The van der Waals surface area contributed by atoms with E-state index in [1.165, 1.54) is 19.0 Å². The van der Waals surface area contributed by atoms with E-state index in [9.17, 15) is 4.79 Å². The lowest BCUT2D eigenvalue weighted by molar-refractivity contribution is 0.0525. The molecule has 0 bridgehead atoms. The van der Waals surface area contributed by atoms with Gasteiger partial charge in [0.2, 0.25) is 5.88 Å². The first-order chi connectivity index (χ1) is 9.19. The molecule has 0 saturated heterocycles. The first kappa shape index (κ1) is 13.8. The van der Waals surface area contributed by atoms with Gasteiger partial charge in [0.05, 0.1) is 12.2 Å². The van der Waals surface area contributed by atoms with Gasteiger partial charge in [-0.2, -0.15) is 0 Å². The van der Waals surface area contributed by atoms with Gasteiger partial charge in [0.1, 0.15) is 6.10 Å². The first-order valence-corrected chi connectivity index (χ1v) is 6.99. The van der Waals surface area contributed by atoms with E-state index in [1.54, 1.807) is 19.1 Å². The molecule has 0 spiro atoms. The summed E-state index contributed by atoms with van der Waals surface area (Å²) < 4.78 is 10.7. The third-order valence-electron chi connectivity index (χ3n) is 3.50. The molecule has 104 valence electrons. The van der Waals surface area contributed by atoms with Crippen LogP contribution in [0.25, 0.3) is 0 Å². The molecule has 1 aromatic rings. The maximum absolute atomic E-state index is 11.5. The van der Waals surface area contributed by atoms with Crippen LogP contribution < -0.4 is 4.74 Å². The van der Waals surface area contributed by atoms with Crippen LogP contribution in [-0.2, 0) is 4.74 Å². The summed E-state index contributed by atoms with van der Waals surface area (Å²) in [6, 6.07) is 3.44. The smallest absolute Gasteiger partial charge is 0.339 e. The minimum absolute atomic E-state index is 0.261. The number of nitrogens with zero attached hydrogens (tertiary/aromatic N) is 1. The fourth-order valence-electron chi connectivity index (χ4n) is 2.30. The number of aromatic nitrogens is 1. The monoisotopic (exact) mass is 263 g/mol. The Labute approximate surface area is 114 Å². The van der Waals surface area contributed by atoms with Crippen LogP contribution in [-0.4, -0.2) is 23.7 Å². The van der Waals surface area contributed by atoms with Gasteiger partial charge in [-0.3, -0.25) is 0 Å². The van der Waals surface area contributed by atoms with Crippen LogP contribution in [0.4, 0.5) is 0 Å². The van der Waals surface area contributed by atoms with Crippen molar-refractivity contribution in [2.75, 3.05) is 6.61 Å². The van der Waals surface area contributed by atoms with Crippen molar-refractivity contribution in [2.45, 2.75) is 45.6 Å². The van der Waals surface area contributed by atoms with Crippen molar-refractivity contribution in [3.05, 3.63) is 23.9 Å². The minimum Gasteiger partial charge on any atom is -0.474 e. The second-order valence-corrected chi connectivity index (χ2v) is 5.11. The molecule has 0 aliphatic heterocycles. The average Bonchev–Trinajstić information content (AvgIpc) is 2.42. The van der Waals surface area contributed by atoms with E-state index < -0.39 is 0 Å². The second kappa shape index (κ2) is 6.55. The SMILES string of the molecule is CCOC(=O)c1ccc(OC2CCC(C)CC2)nc1. The van der Waals surface area contributed by atoms with Crippen LogP contribution in [0.2, 0.25) is 0 Å². The van der Waals surface area contributed by atoms with E-state index in [0.717, 1.165) is 18.8 Å². The van der Waals surface area contributed by atoms with Gasteiger partial charge < -0.3 is 9.47 Å². The molecule has 1 saturated carbocycles. The fourth-order valence-corrected chi connectivity index (χ4v) is 2.30. The summed E-state index contributed by atoms with van der Waals surface area (Å²) in [5.74, 6) is 1.06. The molecule has 0 amide bonds. The van der Waals surface area contributed by atoms with Gasteiger partial charge in [0, 0.05) is 12.3 Å². The first-order valence-electron chi connectivity index (χ1n) is 6.99. The highest BCUT2D eigenvalue weighted by atomic mass is 16.5. The second-order valence-electron chi connectivity index (χ2n) is 5.11. The summed E-state index contributed by atoms with van der Waals surface area (Å²) in [5.41, 5.74) is 0.464. The topological polar surface area (TPSA) is 48.4 Å². The number of hydrogen-bond acceptors (Lipinski definition) is 4. The molecule has 1 aliphatic carbocycles. The molecule has 1 fully saturated rings. The highest BCUT2D eigenvalue weighted by Crippen LogP contribution is 2.26. The van der Waals surface area contributed by atoms with Gasteiger partial charge in [-0.1, -0.05) is 6.92 Å². The molecular weight excluding hydrogens is 242 g/mol. The number of carbonyl (C=O) groups excluding carboxylic acids is 1. The lowest BCUT2D eigenvalue weighted by Crippen LogP contribution is -2.23. The molecule has 1 aromatic heterocycles. The number of rotatable bonds is 4. The van der Waals surface area contributed by atoms with Gasteiger partial charge in [-0.25, -0.2) is 9.78 Å². The van der Waals surface area contributed by atoms with Crippen molar-refractivity contribution in [2.24, 2.45) is 5.92 Å².